The highest BCUT2D eigenvalue weighted by molar-refractivity contribution is 5.94. The number of unbranched alkanes of at least 4 members (excludes halogenated alkanes) is 4. The minimum atomic E-state index is -0.672. The third-order valence-corrected chi connectivity index (χ3v) is 4.68. The third-order valence-electron chi connectivity index (χ3n) is 4.68. The van der Waals surface area contributed by atoms with E-state index in [9.17, 15) is 33.6 Å². The van der Waals surface area contributed by atoms with Gasteiger partial charge in [0.25, 0.3) is 0 Å². The molecule has 0 unspecified atom stereocenters. The molecule has 0 aromatic carbocycles. The van der Waals surface area contributed by atoms with Gasteiger partial charge < -0.3 is 34.4 Å². The van der Waals surface area contributed by atoms with Crippen molar-refractivity contribution < 1.29 is 52.5 Å². The Morgan fingerprint density at radius 1 is 0.605 bits per heavy atom. The SMILES string of the molecule is C=CC(=O)OCCOC(=O)CCCCCOC(=O)CCCCCOC(=O)CC(=O)NCCNC(=O)CC=O. The summed E-state index contributed by atoms with van der Waals surface area (Å²) in [5, 5.41) is 4.88. The van der Waals surface area contributed by atoms with Gasteiger partial charge in [-0.2, -0.15) is 0 Å². The van der Waals surface area contributed by atoms with Crippen molar-refractivity contribution in [1.82, 2.24) is 10.6 Å². The van der Waals surface area contributed by atoms with E-state index in [1.165, 1.54) is 0 Å². The summed E-state index contributed by atoms with van der Waals surface area (Å²) < 4.78 is 19.7. The van der Waals surface area contributed by atoms with Crippen LogP contribution >= 0.6 is 0 Å². The van der Waals surface area contributed by atoms with Crippen molar-refractivity contribution in [3.63, 3.8) is 0 Å². The van der Waals surface area contributed by atoms with E-state index in [1.807, 2.05) is 0 Å². The van der Waals surface area contributed by atoms with Crippen LogP contribution in [0.15, 0.2) is 12.7 Å². The Balaban J connectivity index is 3.54. The first-order chi connectivity index (χ1) is 18.3. The molecule has 0 aliphatic carbocycles. The van der Waals surface area contributed by atoms with Crippen LogP contribution < -0.4 is 10.6 Å². The quantitative estimate of drug-likeness (QED) is 0.0463. The van der Waals surface area contributed by atoms with Crippen LogP contribution in [0, 0.1) is 0 Å². The van der Waals surface area contributed by atoms with Gasteiger partial charge in [0.2, 0.25) is 11.8 Å². The fourth-order valence-electron chi connectivity index (χ4n) is 2.77. The van der Waals surface area contributed by atoms with E-state index >= 15 is 0 Å². The molecule has 0 aromatic rings. The van der Waals surface area contributed by atoms with Gasteiger partial charge in [0.05, 0.1) is 19.6 Å². The molecule has 0 radical (unpaired) electrons. The van der Waals surface area contributed by atoms with Gasteiger partial charge in [-0.1, -0.05) is 6.58 Å². The van der Waals surface area contributed by atoms with E-state index in [4.69, 9.17) is 14.2 Å². The summed E-state index contributed by atoms with van der Waals surface area (Å²) >= 11 is 0. The predicted molar refractivity (Wildman–Crippen MR) is 132 cm³/mol. The highest BCUT2D eigenvalue weighted by Crippen LogP contribution is 2.05. The van der Waals surface area contributed by atoms with Crippen molar-refractivity contribution in [2.45, 2.75) is 64.2 Å². The first-order valence-electron chi connectivity index (χ1n) is 12.5. The van der Waals surface area contributed by atoms with Gasteiger partial charge >= 0.3 is 23.9 Å². The maximum atomic E-state index is 11.7. The number of carbonyl (C=O) groups excluding carboxylic acids is 7. The molecule has 0 saturated carbocycles. The van der Waals surface area contributed by atoms with Gasteiger partial charge in [-0.15, -0.1) is 0 Å². The molecule has 0 aromatic heterocycles. The minimum absolute atomic E-state index is 0.00973. The van der Waals surface area contributed by atoms with Gasteiger partial charge in [0.15, 0.2) is 0 Å². The lowest BCUT2D eigenvalue weighted by Crippen LogP contribution is -2.35. The average Bonchev–Trinajstić information content (AvgIpc) is 2.88. The highest BCUT2D eigenvalue weighted by atomic mass is 16.6. The molecule has 0 fully saturated rings. The van der Waals surface area contributed by atoms with Crippen LogP contribution in [0.2, 0.25) is 0 Å². The average molecular weight is 543 g/mol. The summed E-state index contributed by atoms with van der Waals surface area (Å²) in [5.74, 6) is -2.94. The molecule has 0 aliphatic rings. The Hall–Kier alpha value is -3.77. The van der Waals surface area contributed by atoms with Crippen molar-refractivity contribution in [1.29, 1.82) is 0 Å². The van der Waals surface area contributed by atoms with Gasteiger partial charge in [-0.05, 0) is 38.5 Å². The van der Waals surface area contributed by atoms with E-state index < -0.39 is 30.2 Å². The fourth-order valence-corrected chi connectivity index (χ4v) is 2.77. The second-order valence-electron chi connectivity index (χ2n) is 7.90. The smallest absolute Gasteiger partial charge is 0.330 e. The van der Waals surface area contributed by atoms with Crippen LogP contribution in [-0.2, 0) is 52.5 Å². The molecular formula is C25H38N2O11. The fraction of sp³-hybridized carbons (Fsp3) is 0.640. The molecular weight excluding hydrogens is 504 g/mol. The maximum absolute atomic E-state index is 11.7. The van der Waals surface area contributed by atoms with Gasteiger partial charge in [0.1, 0.15) is 25.9 Å². The third kappa shape index (κ3) is 22.7. The minimum Gasteiger partial charge on any atom is -0.466 e. The molecule has 214 valence electrons. The topological polar surface area (TPSA) is 180 Å². The molecule has 0 atom stereocenters. The predicted octanol–water partition coefficient (Wildman–Crippen LogP) is 0.678. The van der Waals surface area contributed by atoms with Crippen LogP contribution in [0.3, 0.4) is 0 Å². The molecule has 2 amide bonds. The number of rotatable bonds is 23. The lowest BCUT2D eigenvalue weighted by atomic mass is 10.2. The first kappa shape index (κ1) is 34.2. The molecule has 2 N–H and O–H groups in total. The number of nitrogens with one attached hydrogen (secondary N) is 2. The summed E-state index contributed by atoms with van der Waals surface area (Å²) in [6.07, 6.45) is 4.92. The normalized spacial score (nSPS) is 10.0. The Kier molecular flexibility index (Phi) is 21.3. The van der Waals surface area contributed by atoms with E-state index in [2.05, 4.69) is 21.9 Å². The van der Waals surface area contributed by atoms with Crippen molar-refractivity contribution in [3.05, 3.63) is 12.7 Å². The number of esters is 4. The van der Waals surface area contributed by atoms with E-state index in [-0.39, 0.29) is 70.7 Å². The van der Waals surface area contributed by atoms with Crippen LogP contribution in [0.25, 0.3) is 0 Å². The van der Waals surface area contributed by atoms with Crippen molar-refractivity contribution in [3.8, 4) is 0 Å². The summed E-state index contributed by atoms with van der Waals surface area (Å²) in [5.41, 5.74) is 0. The molecule has 0 heterocycles. The summed E-state index contributed by atoms with van der Waals surface area (Å²) in [6, 6.07) is 0. The zero-order chi connectivity index (χ0) is 28.4. The monoisotopic (exact) mass is 542 g/mol. The number of ether oxygens (including phenoxy) is 4. The molecule has 0 aliphatic heterocycles. The van der Waals surface area contributed by atoms with Gasteiger partial charge in [0, 0.05) is 32.0 Å². The van der Waals surface area contributed by atoms with E-state index in [1.54, 1.807) is 0 Å². The van der Waals surface area contributed by atoms with E-state index in [0.717, 1.165) is 6.08 Å². The highest BCUT2D eigenvalue weighted by Gasteiger charge is 2.11. The Labute approximate surface area is 221 Å². The number of aldehydes is 1. The lowest BCUT2D eigenvalue weighted by Gasteiger charge is -2.07. The summed E-state index contributed by atoms with van der Waals surface area (Å²) in [6.45, 7) is 3.88. The van der Waals surface area contributed by atoms with Crippen LogP contribution in [0.4, 0.5) is 0 Å². The standard InChI is InChI=1S/C25H38N2O11/c1-2-22(31)37-17-18-38-24(33)10-6-3-7-15-35-23(32)9-5-4-8-16-36-25(34)19-21(30)27-13-12-26-20(29)11-14-28/h2,14H,1,3-13,15-19H2,(H,26,29)(H,27,30). The molecule has 38 heavy (non-hydrogen) atoms. The maximum Gasteiger partial charge on any atom is 0.330 e. The lowest BCUT2D eigenvalue weighted by molar-refractivity contribution is -0.149. The largest absolute Gasteiger partial charge is 0.466 e. The number of amides is 2. The first-order valence-corrected chi connectivity index (χ1v) is 12.5. The van der Waals surface area contributed by atoms with Gasteiger partial charge in [-0.25, -0.2) is 4.79 Å². The molecule has 13 heteroatoms. The Morgan fingerprint density at radius 3 is 1.66 bits per heavy atom. The van der Waals surface area contributed by atoms with Crippen LogP contribution in [0.1, 0.15) is 64.2 Å². The summed E-state index contributed by atoms with van der Waals surface area (Å²) in [4.78, 5) is 78.6. The molecule has 0 saturated heterocycles. The second-order valence-corrected chi connectivity index (χ2v) is 7.90. The van der Waals surface area contributed by atoms with Crippen molar-refractivity contribution >= 4 is 42.0 Å². The van der Waals surface area contributed by atoms with E-state index in [0.29, 0.717) is 44.8 Å². The second kappa shape index (κ2) is 23.6. The molecule has 0 bridgehead atoms. The van der Waals surface area contributed by atoms with Crippen molar-refractivity contribution in [2.24, 2.45) is 0 Å². The Morgan fingerprint density at radius 2 is 1.11 bits per heavy atom. The molecule has 0 spiro atoms. The number of hydrogen-bond donors (Lipinski definition) is 2. The molecule has 13 nitrogen and oxygen atoms in total. The zero-order valence-corrected chi connectivity index (χ0v) is 21.7. The zero-order valence-electron chi connectivity index (χ0n) is 21.7. The van der Waals surface area contributed by atoms with Crippen LogP contribution in [-0.4, -0.2) is 81.5 Å². The number of carbonyl (C=O) groups is 7. The van der Waals surface area contributed by atoms with Crippen LogP contribution in [0.5, 0.6) is 0 Å². The molecule has 0 rings (SSSR count). The number of hydrogen-bond acceptors (Lipinski definition) is 11. The summed E-state index contributed by atoms with van der Waals surface area (Å²) in [7, 11) is 0. The van der Waals surface area contributed by atoms with Crippen molar-refractivity contribution in [2.75, 3.05) is 39.5 Å². The van der Waals surface area contributed by atoms with Gasteiger partial charge in [-0.3, -0.25) is 24.0 Å². The Bertz CT molecular complexity index is 783.